The van der Waals surface area contributed by atoms with E-state index < -0.39 is 12.1 Å². The molecule has 0 radical (unpaired) electrons. The summed E-state index contributed by atoms with van der Waals surface area (Å²) in [7, 11) is 1.67. The summed E-state index contributed by atoms with van der Waals surface area (Å²) in [5, 5.41) is 2.75. The van der Waals surface area contributed by atoms with E-state index in [4.69, 9.17) is 4.74 Å². The fourth-order valence-corrected chi connectivity index (χ4v) is 6.02. The second-order valence-corrected chi connectivity index (χ2v) is 10.8. The van der Waals surface area contributed by atoms with Crippen molar-refractivity contribution >= 4 is 23.5 Å². The van der Waals surface area contributed by atoms with Crippen molar-refractivity contribution in [3.05, 3.63) is 29.8 Å². The summed E-state index contributed by atoms with van der Waals surface area (Å²) in [6, 6.07) is 6.72. The molecule has 0 bridgehead atoms. The van der Waals surface area contributed by atoms with Crippen LogP contribution >= 0.6 is 0 Å². The fourth-order valence-electron chi connectivity index (χ4n) is 6.02. The number of methoxy groups -OCH3 is 1. The lowest BCUT2D eigenvalue weighted by Gasteiger charge is -2.45. The molecule has 3 heterocycles. The van der Waals surface area contributed by atoms with Crippen molar-refractivity contribution in [3.8, 4) is 0 Å². The smallest absolute Gasteiger partial charge is 0.329 e. The number of hydrogen-bond acceptors (Lipinski definition) is 5. The monoisotopic (exact) mass is 498 g/mol. The number of ether oxygens (including phenoxy) is 1. The van der Waals surface area contributed by atoms with Gasteiger partial charge in [0, 0.05) is 32.8 Å². The van der Waals surface area contributed by atoms with Gasteiger partial charge in [0.1, 0.15) is 6.04 Å². The van der Waals surface area contributed by atoms with E-state index in [1.807, 2.05) is 17.0 Å². The van der Waals surface area contributed by atoms with Crippen LogP contribution in [0.25, 0.3) is 0 Å². The molecule has 0 unspecified atom stereocenters. The zero-order chi connectivity index (χ0) is 25.7. The number of fused-ring (bicyclic) bond motifs is 1. The van der Waals surface area contributed by atoms with E-state index in [1.54, 1.807) is 19.2 Å². The Morgan fingerprint density at radius 3 is 2.58 bits per heavy atom. The summed E-state index contributed by atoms with van der Waals surface area (Å²) in [6.45, 7) is 8.42. The predicted octanol–water partition coefficient (Wildman–Crippen LogP) is 3.75. The number of anilines is 1. The lowest BCUT2D eigenvalue weighted by molar-refractivity contribution is -0.135. The molecule has 0 aliphatic carbocycles. The van der Waals surface area contributed by atoms with Crippen molar-refractivity contribution in [2.24, 2.45) is 5.92 Å². The third-order valence-corrected chi connectivity index (χ3v) is 8.03. The third kappa shape index (κ3) is 6.09. The number of carbonyl (C=O) groups excluding carboxylic acids is 3. The van der Waals surface area contributed by atoms with Crippen LogP contribution in [0.3, 0.4) is 0 Å². The molecule has 3 aliphatic heterocycles. The van der Waals surface area contributed by atoms with E-state index in [1.165, 1.54) is 30.6 Å². The first-order valence-electron chi connectivity index (χ1n) is 13.6. The number of imide groups is 1. The highest BCUT2D eigenvalue weighted by Gasteiger charge is 2.41. The van der Waals surface area contributed by atoms with E-state index >= 15 is 0 Å². The van der Waals surface area contributed by atoms with Gasteiger partial charge >= 0.3 is 6.03 Å². The number of urea groups is 1. The molecule has 3 aliphatic rings. The van der Waals surface area contributed by atoms with Gasteiger partial charge in [0.25, 0.3) is 5.91 Å². The molecule has 8 nitrogen and oxygen atoms in total. The second-order valence-electron chi connectivity index (χ2n) is 10.8. The Morgan fingerprint density at radius 2 is 1.86 bits per heavy atom. The van der Waals surface area contributed by atoms with Gasteiger partial charge in [0.05, 0.1) is 12.1 Å². The summed E-state index contributed by atoms with van der Waals surface area (Å²) in [5.41, 5.74) is 1.68. The van der Waals surface area contributed by atoms with Crippen LogP contribution in [-0.4, -0.2) is 79.6 Å². The fraction of sp³-hybridized carbons (Fsp3) is 0.679. The minimum absolute atomic E-state index is 0.0146. The molecule has 1 aromatic rings. The molecule has 0 saturated carbocycles. The maximum absolute atomic E-state index is 13.5. The van der Waals surface area contributed by atoms with Gasteiger partial charge in [-0.05, 0) is 74.7 Å². The highest BCUT2D eigenvalue weighted by molar-refractivity contribution is 6.22. The molecular formula is C28H42N4O4. The van der Waals surface area contributed by atoms with Gasteiger partial charge in [-0.25, -0.2) is 9.69 Å². The standard InChI is InChI=1S/C28H42N4O4/c1-20(2)21-10-12-23(13-11-21)32-27(34)24(29-28(32)35)18-26(33)31(16-7-17-36-3)19-22-8-6-15-30-14-5-4-9-25(22)30/h10-13,20,22,24-25H,4-9,14-19H2,1-3H3,(H,29,35)/t22-,24-,25-/m0/s1. The zero-order valence-corrected chi connectivity index (χ0v) is 22.1. The summed E-state index contributed by atoms with van der Waals surface area (Å²) in [4.78, 5) is 45.1. The maximum atomic E-state index is 13.5. The second kappa shape index (κ2) is 12.2. The van der Waals surface area contributed by atoms with Gasteiger partial charge in [-0.15, -0.1) is 0 Å². The molecule has 0 aromatic heterocycles. The van der Waals surface area contributed by atoms with Crippen molar-refractivity contribution in [1.29, 1.82) is 0 Å². The van der Waals surface area contributed by atoms with Crippen molar-refractivity contribution in [2.45, 2.75) is 76.8 Å². The van der Waals surface area contributed by atoms with Crippen LogP contribution in [0.1, 0.15) is 70.3 Å². The molecule has 1 N–H and O–H groups in total. The highest BCUT2D eigenvalue weighted by Crippen LogP contribution is 2.32. The number of nitrogens with zero attached hydrogens (tertiary/aromatic N) is 3. The molecule has 8 heteroatoms. The van der Waals surface area contributed by atoms with Gasteiger partial charge in [-0.2, -0.15) is 0 Å². The Hall–Kier alpha value is -2.45. The topological polar surface area (TPSA) is 82.2 Å². The van der Waals surface area contributed by atoms with E-state index in [-0.39, 0.29) is 18.2 Å². The van der Waals surface area contributed by atoms with Gasteiger partial charge in [0.2, 0.25) is 5.91 Å². The largest absolute Gasteiger partial charge is 0.385 e. The first-order chi connectivity index (χ1) is 17.4. The van der Waals surface area contributed by atoms with Gasteiger partial charge in [-0.3, -0.25) is 9.59 Å². The zero-order valence-electron chi connectivity index (χ0n) is 22.1. The Kier molecular flexibility index (Phi) is 9.01. The maximum Gasteiger partial charge on any atom is 0.329 e. The van der Waals surface area contributed by atoms with Crippen LogP contribution in [0.5, 0.6) is 0 Å². The van der Waals surface area contributed by atoms with Crippen molar-refractivity contribution < 1.29 is 19.1 Å². The molecule has 3 fully saturated rings. The average Bonchev–Trinajstić information content (AvgIpc) is 3.15. The Bertz CT molecular complexity index is 917. The molecule has 1 aromatic carbocycles. The Balaban J connectivity index is 1.42. The number of hydrogen-bond donors (Lipinski definition) is 1. The van der Waals surface area contributed by atoms with E-state index in [2.05, 4.69) is 24.1 Å². The average molecular weight is 499 g/mol. The van der Waals surface area contributed by atoms with E-state index in [9.17, 15) is 14.4 Å². The first-order valence-corrected chi connectivity index (χ1v) is 13.6. The SMILES string of the molecule is COCCCN(C[C@@H]1CCCN2CCCC[C@@H]12)C(=O)C[C@@H]1NC(=O)N(c2ccc(C(C)C)cc2)C1=O. The lowest BCUT2D eigenvalue weighted by atomic mass is 9.83. The van der Waals surface area contributed by atoms with Crippen molar-refractivity contribution in [3.63, 3.8) is 0 Å². The molecule has 198 valence electrons. The van der Waals surface area contributed by atoms with Crippen molar-refractivity contribution in [2.75, 3.05) is 44.8 Å². The predicted molar refractivity (Wildman–Crippen MR) is 140 cm³/mol. The first kappa shape index (κ1) is 26.6. The van der Waals surface area contributed by atoms with Gasteiger partial charge < -0.3 is 19.9 Å². The van der Waals surface area contributed by atoms with Crippen LogP contribution in [0.2, 0.25) is 0 Å². The Morgan fingerprint density at radius 1 is 1.11 bits per heavy atom. The summed E-state index contributed by atoms with van der Waals surface area (Å²) in [5.74, 6) is 0.380. The summed E-state index contributed by atoms with van der Waals surface area (Å²) >= 11 is 0. The molecule has 4 amide bonds. The summed E-state index contributed by atoms with van der Waals surface area (Å²) in [6.07, 6.45) is 6.76. The molecule has 0 spiro atoms. The molecule has 36 heavy (non-hydrogen) atoms. The molecule has 3 saturated heterocycles. The minimum Gasteiger partial charge on any atom is -0.385 e. The van der Waals surface area contributed by atoms with Crippen LogP contribution < -0.4 is 10.2 Å². The summed E-state index contributed by atoms with van der Waals surface area (Å²) < 4.78 is 5.23. The van der Waals surface area contributed by atoms with E-state index in [0.29, 0.717) is 43.3 Å². The van der Waals surface area contributed by atoms with Gasteiger partial charge in [-0.1, -0.05) is 32.4 Å². The van der Waals surface area contributed by atoms with Crippen LogP contribution in [0.15, 0.2) is 24.3 Å². The van der Waals surface area contributed by atoms with E-state index in [0.717, 1.165) is 31.5 Å². The molecule has 3 atom stereocenters. The van der Waals surface area contributed by atoms with Gasteiger partial charge in [0.15, 0.2) is 0 Å². The normalized spacial score (nSPS) is 24.7. The van der Waals surface area contributed by atoms with Crippen LogP contribution in [0.4, 0.5) is 10.5 Å². The Labute approximate surface area is 215 Å². The third-order valence-electron chi connectivity index (χ3n) is 8.03. The van der Waals surface area contributed by atoms with Crippen molar-refractivity contribution in [1.82, 2.24) is 15.1 Å². The highest BCUT2D eigenvalue weighted by atomic mass is 16.5. The number of benzene rings is 1. The number of piperidine rings is 2. The number of amides is 4. The number of nitrogens with one attached hydrogen (secondary N) is 1. The molecular weight excluding hydrogens is 456 g/mol. The quantitative estimate of drug-likeness (QED) is 0.392. The minimum atomic E-state index is -0.836. The molecule has 4 rings (SSSR count). The number of rotatable bonds is 10. The number of carbonyl (C=O) groups is 3. The van der Waals surface area contributed by atoms with Crippen LogP contribution in [0, 0.1) is 5.92 Å². The lowest BCUT2D eigenvalue weighted by Crippen LogP contribution is -2.52. The van der Waals surface area contributed by atoms with Crippen LogP contribution in [-0.2, 0) is 14.3 Å².